The molecule has 0 saturated carbocycles. The number of halogens is 1. The zero-order valence-corrected chi connectivity index (χ0v) is 18.3. The van der Waals surface area contributed by atoms with Crippen molar-refractivity contribution < 1.29 is 13.2 Å². The highest BCUT2D eigenvalue weighted by Crippen LogP contribution is 2.22. The number of benzene rings is 1. The van der Waals surface area contributed by atoms with Crippen molar-refractivity contribution in [3.63, 3.8) is 0 Å². The van der Waals surface area contributed by atoms with E-state index in [9.17, 15) is 13.2 Å². The van der Waals surface area contributed by atoms with Gasteiger partial charge in [0, 0.05) is 23.0 Å². The van der Waals surface area contributed by atoms with Gasteiger partial charge >= 0.3 is 0 Å². The molecule has 3 aromatic rings. The quantitative estimate of drug-likeness (QED) is 0.376. The summed E-state index contributed by atoms with van der Waals surface area (Å²) >= 11 is 8.67. The van der Waals surface area contributed by atoms with Crippen molar-refractivity contribution in [2.24, 2.45) is 0 Å². The van der Waals surface area contributed by atoms with Crippen molar-refractivity contribution in [3.05, 3.63) is 52.8 Å². The molecule has 12 heteroatoms. The molecule has 1 aromatic carbocycles. The molecule has 0 atom stereocenters. The monoisotopic (exact) mass is 469 g/mol. The fourth-order valence-corrected chi connectivity index (χ4v) is 4.76. The van der Waals surface area contributed by atoms with Gasteiger partial charge in [-0.3, -0.25) is 9.52 Å². The predicted octanol–water partition coefficient (Wildman–Crippen LogP) is 4.14. The Hall–Kier alpha value is -2.21. The minimum Gasteiger partial charge on any atom is -0.321 e. The largest absolute Gasteiger partial charge is 0.321 e. The SMILES string of the molecule is CCCSc1ncc(Cl)c(C(=O)Nc2ccc(S(=O)(=O)Nc3nccs3)cc2)n1. The van der Waals surface area contributed by atoms with Crippen LogP contribution in [0.1, 0.15) is 23.8 Å². The normalized spacial score (nSPS) is 11.2. The maximum absolute atomic E-state index is 12.5. The van der Waals surface area contributed by atoms with E-state index in [0.29, 0.717) is 10.8 Å². The van der Waals surface area contributed by atoms with Crippen LogP contribution in [0.3, 0.4) is 0 Å². The summed E-state index contributed by atoms with van der Waals surface area (Å²) in [5, 5.41) is 5.20. The average molecular weight is 470 g/mol. The summed E-state index contributed by atoms with van der Waals surface area (Å²) in [7, 11) is -3.76. The first-order chi connectivity index (χ1) is 13.9. The number of nitrogens with zero attached hydrogens (tertiary/aromatic N) is 3. The highest BCUT2D eigenvalue weighted by molar-refractivity contribution is 7.99. The molecule has 2 aromatic heterocycles. The van der Waals surface area contributed by atoms with Crippen molar-refractivity contribution in [3.8, 4) is 0 Å². The van der Waals surface area contributed by atoms with E-state index in [2.05, 4.69) is 25.0 Å². The van der Waals surface area contributed by atoms with Gasteiger partial charge in [0.25, 0.3) is 15.9 Å². The van der Waals surface area contributed by atoms with E-state index in [0.717, 1.165) is 12.2 Å². The Bertz CT molecular complexity index is 1090. The summed E-state index contributed by atoms with van der Waals surface area (Å²) in [6, 6.07) is 5.73. The maximum atomic E-state index is 12.5. The second-order valence-electron chi connectivity index (χ2n) is 5.62. The number of thioether (sulfide) groups is 1. The molecule has 2 N–H and O–H groups in total. The molecular formula is C17H16ClN5O3S3. The number of sulfonamides is 1. The van der Waals surface area contributed by atoms with Gasteiger partial charge in [0.05, 0.1) is 16.1 Å². The lowest BCUT2D eigenvalue weighted by Crippen LogP contribution is -2.16. The Morgan fingerprint density at radius 3 is 2.66 bits per heavy atom. The lowest BCUT2D eigenvalue weighted by atomic mass is 10.3. The van der Waals surface area contributed by atoms with Crippen LogP contribution in [0.5, 0.6) is 0 Å². The zero-order valence-electron chi connectivity index (χ0n) is 15.1. The summed E-state index contributed by atoms with van der Waals surface area (Å²) < 4.78 is 27.1. The highest BCUT2D eigenvalue weighted by atomic mass is 35.5. The average Bonchev–Trinajstić information content (AvgIpc) is 3.20. The summed E-state index contributed by atoms with van der Waals surface area (Å²) in [5.74, 6) is 0.320. The van der Waals surface area contributed by atoms with Crippen LogP contribution in [0.25, 0.3) is 0 Å². The van der Waals surface area contributed by atoms with Crippen molar-refractivity contribution in [1.29, 1.82) is 0 Å². The maximum Gasteiger partial charge on any atom is 0.275 e. The van der Waals surface area contributed by atoms with Gasteiger partial charge in [0.1, 0.15) is 0 Å². The van der Waals surface area contributed by atoms with Crippen molar-refractivity contribution in [2.45, 2.75) is 23.4 Å². The molecule has 0 radical (unpaired) electrons. The minimum absolute atomic E-state index is 0.0454. The molecule has 0 aliphatic heterocycles. The molecule has 0 saturated heterocycles. The van der Waals surface area contributed by atoms with E-state index in [4.69, 9.17) is 11.6 Å². The van der Waals surface area contributed by atoms with Crippen LogP contribution in [0, 0.1) is 0 Å². The summed E-state index contributed by atoms with van der Waals surface area (Å²) in [5.41, 5.74) is 0.461. The predicted molar refractivity (Wildman–Crippen MR) is 115 cm³/mol. The van der Waals surface area contributed by atoms with Gasteiger partial charge in [-0.05, 0) is 30.7 Å². The van der Waals surface area contributed by atoms with Gasteiger partial charge in [-0.1, -0.05) is 30.3 Å². The van der Waals surface area contributed by atoms with E-state index in [-0.39, 0.29) is 20.7 Å². The Morgan fingerprint density at radius 1 is 1.24 bits per heavy atom. The number of hydrogen-bond donors (Lipinski definition) is 2. The smallest absolute Gasteiger partial charge is 0.275 e. The van der Waals surface area contributed by atoms with Crippen LogP contribution in [0.2, 0.25) is 5.02 Å². The van der Waals surface area contributed by atoms with Gasteiger partial charge in [0.2, 0.25) is 0 Å². The van der Waals surface area contributed by atoms with Crippen LogP contribution in [0.15, 0.2) is 52.1 Å². The standard InChI is InChI=1S/C17H16ClN5O3S3/c1-2-8-27-16-20-10-13(18)14(22-16)15(24)21-11-3-5-12(6-4-11)29(25,26)23-17-19-7-9-28-17/h3-7,9-10H,2,8H2,1H3,(H,19,23)(H,21,24). The number of anilines is 2. The third-order valence-electron chi connectivity index (χ3n) is 3.45. The Kier molecular flexibility index (Phi) is 7.06. The van der Waals surface area contributed by atoms with Crippen LogP contribution in [-0.4, -0.2) is 35.0 Å². The van der Waals surface area contributed by atoms with Crippen LogP contribution in [-0.2, 0) is 10.0 Å². The second kappa shape index (κ2) is 9.53. The van der Waals surface area contributed by atoms with Crippen molar-refractivity contribution >= 4 is 61.4 Å². The van der Waals surface area contributed by atoms with E-state index < -0.39 is 15.9 Å². The summed E-state index contributed by atoms with van der Waals surface area (Å²) in [4.78, 5) is 24.8. The molecule has 152 valence electrons. The fourth-order valence-electron chi connectivity index (χ4n) is 2.13. The van der Waals surface area contributed by atoms with Gasteiger partial charge in [0.15, 0.2) is 16.0 Å². The lowest BCUT2D eigenvalue weighted by molar-refractivity contribution is 0.102. The van der Waals surface area contributed by atoms with Crippen molar-refractivity contribution in [1.82, 2.24) is 15.0 Å². The van der Waals surface area contributed by atoms with Crippen LogP contribution >= 0.6 is 34.7 Å². The first-order valence-corrected chi connectivity index (χ1v) is 12.1. The number of hydrogen-bond acceptors (Lipinski definition) is 8. The number of amides is 1. The van der Waals surface area contributed by atoms with E-state index in [1.165, 1.54) is 59.8 Å². The molecule has 0 aliphatic rings. The molecule has 0 unspecified atom stereocenters. The number of carbonyl (C=O) groups is 1. The molecule has 0 fully saturated rings. The first-order valence-electron chi connectivity index (χ1n) is 8.38. The van der Waals surface area contributed by atoms with E-state index in [1.807, 2.05) is 6.92 Å². The van der Waals surface area contributed by atoms with Gasteiger partial charge in [-0.25, -0.2) is 23.4 Å². The Morgan fingerprint density at radius 2 is 2.00 bits per heavy atom. The van der Waals surface area contributed by atoms with Gasteiger partial charge in [-0.2, -0.15) is 0 Å². The highest BCUT2D eigenvalue weighted by Gasteiger charge is 2.17. The van der Waals surface area contributed by atoms with Crippen molar-refractivity contribution in [2.75, 3.05) is 15.8 Å². The van der Waals surface area contributed by atoms with Crippen LogP contribution < -0.4 is 10.0 Å². The number of thiazole rings is 1. The lowest BCUT2D eigenvalue weighted by Gasteiger charge is -2.09. The second-order valence-corrected chi connectivity index (χ2v) is 9.67. The number of nitrogens with one attached hydrogen (secondary N) is 2. The summed E-state index contributed by atoms with van der Waals surface area (Å²) in [6.45, 7) is 2.03. The summed E-state index contributed by atoms with van der Waals surface area (Å²) in [6.07, 6.45) is 3.85. The topological polar surface area (TPSA) is 114 Å². The third kappa shape index (κ3) is 5.66. The Labute approximate surface area is 181 Å². The molecule has 0 aliphatic carbocycles. The minimum atomic E-state index is -3.76. The molecule has 3 rings (SSSR count). The number of aromatic nitrogens is 3. The molecule has 8 nitrogen and oxygen atoms in total. The number of carbonyl (C=O) groups excluding carboxylic acids is 1. The number of rotatable bonds is 8. The van der Waals surface area contributed by atoms with E-state index in [1.54, 1.807) is 5.38 Å². The molecule has 0 bridgehead atoms. The van der Waals surface area contributed by atoms with E-state index >= 15 is 0 Å². The van der Waals surface area contributed by atoms with Gasteiger partial charge in [-0.15, -0.1) is 11.3 Å². The molecule has 2 heterocycles. The first kappa shape index (κ1) is 21.5. The molecule has 0 spiro atoms. The Balaban J connectivity index is 1.72. The molecule has 29 heavy (non-hydrogen) atoms. The van der Waals surface area contributed by atoms with Crippen LogP contribution in [0.4, 0.5) is 10.8 Å². The molecular weight excluding hydrogens is 454 g/mol. The fraction of sp³-hybridized carbons (Fsp3) is 0.176. The third-order valence-corrected chi connectivity index (χ3v) is 6.97. The molecule has 1 amide bonds. The van der Waals surface area contributed by atoms with Gasteiger partial charge < -0.3 is 5.32 Å². The zero-order chi connectivity index (χ0) is 20.9.